The van der Waals surface area contributed by atoms with Crippen molar-refractivity contribution >= 4 is 51.9 Å². The first-order valence-corrected chi connectivity index (χ1v) is 12.0. The molecule has 2 unspecified atom stereocenters. The van der Waals surface area contributed by atoms with Gasteiger partial charge in [0.2, 0.25) is 5.28 Å². The molecule has 2 aliphatic heterocycles. The number of hydrogen-bond donors (Lipinski definition) is 0. The fourth-order valence-electron chi connectivity index (χ4n) is 5.06. The molecule has 4 heterocycles. The second kappa shape index (κ2) is 9.26. The number of nitrogens with zero attached hydrogens (tertiary/aromatic N) is 6. The summed E-state index contributed by atoms with van der Waals surface area (Å²) in [6.07, 6.45) is -3.79. The molecule has 2 saturated heterocycles. The van der Waals surface area contributed by atoms with Crippen LogP contribution in [0.15, 0.2) is 6.20 Å². The zero-order valence-electron chi connectivity index (χ0n) is 20.4. The Balaban J connectivity index is 1.78. The molecule has 0 radical (unpaired) electrons. The molecular weight excluding hydrogens is 543 g/mol. The maximum Gasteiger partial charge on any atom is 0.471 e. The predicted molar refractivity (Wildman–Crippen MR) is 127 cm³/mol. The van der Waals surface area contributed by atoms with E-state index in [9.17, 15) is 27.2 Å². The van der Waals surface area contributed by atoms with E-state index in [0.717, 1.165) is 7.05 Å². The second-order valence-corrected chi connectivity index (χ2v) is 10.9. The molecule has 2 aromatic rings. The summed E-state index contributed by atoms with van der Waals surface area (Å²) in [6.45, 7) is 4.77. The standard InChI is InChI=1S/C22H24Cl2F4N6O3/c1-20(2,3)37-19(36)34-11-5-6-21(34,9-32(4)17(35)22(26,27)28)10-33(8-11)16-12-7-29-15(23)13(25)14(12)30-18(24)31-16/h7,11H,5-6,8-10H2,1-4H3. The molecule has 0 aromatic carbocycles. The molecule has 15 heteroatoms. The number of pyridine rings is 1. The van der Waals surface area contributed by atoms with Gasteiger partial charge >= 0.3 is 18.2 Å². The number of amides is 2. The largest absolute Gasteiger partial charge is 0.471 e. The van der Waals surface area contributed by atoms with E-state index in [1.54, 1.807) is 25.7 Å². The topological polar surface area (TPSA) is 91.8 Å². The normalized spacial score (nSPS) is 21.9. The minimum atomic E-state index is -5.09. The predicted octanol–water partition coefficient (Wildman–Crippen LogP) is 4.45. The molecule has 2 amide bonds. The van der Waals surface area contributed by atoms with Crippen molar-refractivity contribution in [3.8, 4) is 0 Å². The van der Waals surface area contributed by atoms with Crippen LogP contribution in [0, 0.1) is 5.82 Å². The van der Waals surface area contributed by atoms with E-state index >= 15 is 0 Å². The van der Waals surface area contributed by atoms with Crippen molar-refractivity contribution < 1.29 is 31.9 Å². The molecule has 2 atom stereocenters. The molecule has 0 aliphatic carbocycles. The molecule has 4 rings (SSSR count). The number of aromatic nitrogens is 3. The highest BCUT2D eigenvalue weighted by Crippen LogP contribution is 2.43. The van der Waals surface area contributed by atoms with Gasteiger partial charge in [0.1, 0.15) is 16.9 Å². The number of carbonyl (C=O) groups is 2. The van der Waals surface area contributed by atoms with E-state index in [1.165, 1.54) is 11.1 Å². The first kappa shape index (κ1) is 27.4. The van der Waals surface area contributed by atoms with Crippen LogP contribution in [0.25, 0.3) is 10.9 Å². The molecular formula is C22H24Cl2F4N6O3. The van der Waals surface area contributed by atoms with Crippen molar-refractivity contribution in [2.75, 3.05) is 31.6 Å². The zero-order chi connectivity index (χ0) is 27.5. The van der Waals surface area contributed by atoms with Crippen LogP contribution in [0.5, 0.6) is 0 Å². The number of likely N-dealkylation sites (N-methyl/N-ethyl adjacent to an activating group) is 1. The third kappa shape index (κ3) is 5.20. The lowest BCUT2D eigenvalue weighted by molar-refractivity contribution is -0.185. The summed E-state index contributed by atoms with van der Waals surface area (Å²) in [7, 11) is 1.03. The Kier molecular flexibility index (Phi) is 6.85. The lowest BCUT2D eigenvalue weighted by atomic mass is 9.93. The number of alkyl halides is 3. The maximum atomic E-state index is 14.7. The second-order valence-electron chi connectivity index (χ2n) is 10.2. The average Bonchev–Trinajstić information content (AvgIpc) is 3.00. The van der Waals surface area contributed by atoms with Gasteiger partial charge in [0.15, 0.2) is 11.0 Å². The summed E-state index contributed by atoms with van der Waals surface area (Å²) in [6, 6.07) is -0.494. The summed E-state index contributed by atoms with van der Waals surface area (Å²) in [5.74, 6) is -2.75. The number of ether oxygens (including phenoxy) is 1. The van der Waals surface area contributed by atoms with Gasteiger partial charge in [0.25, 0.3) is 0 Å². The van der Waals surface area contributed by atoms with Crippen LogP contribution in [0.2, 0.25) is 10.4 Å². The number of halogens is 6. The van der Waals surface area contributed by atoms with E-state index in [1.807, 2.05) is 0 Å². The van der Waals surface area contributed by atoms with Crippen molar-refractivity contribution in [2.24, 2.45) is 0 Å². The molecule has 0 spiro atoms. The van der Waals surface area contributed by atoms with Crippen molar-refractivity contribution in [1.29, 1.82) is 0 Å². The van der Waals surface area contributed by atoms with Crippen LogP contribution in [0.1, 0.15) is 33.6 Å². The highest BCUT2D eigenvalue weighted by molar-refractivity contribution is 6.30. The van der Waals surface area contributed by atoms with Gasteiger partial charge in [-0.05, 0) is 45.2 Å². The molecule has 0 N–H and O–H groups in total. The van der Waals surface area contributed by atoms with Gasteiger partial charge < -0.3 is 14.5 Å². The molecule has 0 saturated carbocycles. The van der Waals surface area contributed by atoms with Gasteiger partial charge in [-0.1, -0.05) is 11.6 Å². The maximum absolute atomic E-state index is 14.7. The number of rotatable bonds is 3. The Morgan fingerprint density at radius 3 is 2.54 bits per heavy atom. The summed E-state index contributed by atoms with van der Waals surface area (Å²) in [5.41, 5.74) is -2.29. The molecule has 202 valence electrons. The van der Waals surface area contributed by atoms with Crippen LogP contribution >= 0.6 is 23.2 Å². The zero-order valence-corrected chi connectivity index (χ0v) is 21.9. The van der Waals surface area contributed by atoms with E-state index in [4.69, 9.17) is 27.9 Å². The Hall–Kier alpha value is -2.67. The Morgan fingerprint density at radius 1 is 1.24 bits per heavy atom. The molecule has 37 heavy (non-hydrogen) atoms. The van der Waals surface area contributed by atoms with Gasteiger partial charge in [0, 0.05) is 32.9 Å². The monoisotopic (exact) mass is 566 g/mol. The molecule has 2 aliphatic rings. The number of fused-ring (bicyclic) bond motifs is 3. The lowest BCUT2D eigenvalue weighted by Gasteiger charge is -2.50. The van der Waals surface area contributed by atoms with Gasteiger partial charge in [-0.25, -0.2) is 19.2 Å². The van der Waals surface area contributed by atoms with Crippen LogP contribution in [-0.2, 0) is 9.53 Å². The van der Waals surface area contributed by atoms with Crippen LogP contribution in [0.4, 0.5) is 28.2 Å². The van der Waals surface area contributed by atoms with E-state index in [2.05, 4.69) is 15.0 Å². The molecule has 9 nitrogen and oxygen atoms in total. The molecule has 2 aromatic heterocycles. The Bertz CT molecular complexity index is 1260. The summed E-state index contributed by atoms with van der Waals surface area (Å²) in [5, 5.41) is -0.498. The summed E-state index contributed by atoms with van der Waals surface area (Å²) < 4.78 is 59.9. The van der Waals surface area contributed by atoms with Crippen molar-refractivity contribution in [3.63, 3.8) is 0 Å². The minimum absolute atomic E-state index is 0.0368. The lowest BCUT2D eigenvalue weighted by Crippen LogP contribution is -2.68. The van der Waals surface area contributed by atoms with Crippen molar-refractivity contribution in [2.45, 2.75) is 57.0 Å². The summed E-state index contributed by atoms with van der Waals surface area (Å²) >= 11 is 11.9. The third-order valence-corrected chi connectivity index (χ3v) is 6.77. The Morgan fingerprint density at radius 2 is 1.92 bits per heavy atom. The van der Waals surface area contributed by atoms with E-state index < -0.39 is 52.9 Å². The van der Waals surface area contributed by atoms with Gasteiger partial charge in [-0.3, -0.25) is 9.69 Å². The van der Waals surface area contributed by atoms with Crippen molar-refractivity contribution in [3.05, 3.63) is 22.5 Å². The first-order valence-electron chi connectivity index (χ1n) is 11.3. The third-order valence-electron chi connectivity index (χ3n) is 6.34. The Labute approximate surface area is 219 Å². The van der Waals surface area contributed by atoms with E-state index in [-0.39, 0.29) is 41.5 Å². The molecule has 2 bridgehead atoms. The van der Waals surface area contributed by atoms with Crippen LogP contribution in [0.3, 0.4) is 0 Å². The van der Waals surface area contributed by atoms with E-state index in [0.29, 0.717) is 11.3 Å². The van der Waals surface area contributed by atoms with Gasteiger partial charge in [-0.15, -0.1) is 0 Å². The number of hydrogen-bond acceptors (Lipinski definition) is 7. The highest BCUT2D eigenvalue weighted by atomic mass is 35.5. The van der Waals surface area contributed by atoms with Gasteiger partial charge in [0.05, 0.1) is 17.0 Å². The smallest absolute Gasteiger partial charge is 0.444 e. The number of piperazine rings is 1. The fourth-order valence-corrected chi connectivity index (χ4v) is 5.36. The van der Waals surface area contributed by atoms with Gasteiger partial charge in [-0.2, -0.15) is 18.2 Å². The van der Waals surface area contributed by atoms with Crippen molar-refractivity contribution in [1.82, 2.24) is 24.8 Å². The minimum Gasteiger partial charge on any atom is -0.444 e. The first-order chi connectivity index (χ1) is 17.0. The number of carbonyl (C=O) groups excluding carboxylic acids is 2. The summed E-state index contributed by atoms with van der Waals surface area (Å²) in [4.78, 5) is 40.9. The van der Waals surface area contributed by atoms with Crippen LogP contribution in [-0.4, -0.2) is 86.8 Å². The number of anilines is 1. The fraction of sp³-hybridized carbons (Fsp3) is 0.591. The highest BCUT2D eigenvalue weighted by Gasteiger charge is 2.57. The SMILES string of the molecule is CN(CC12CCC(CN(c3nc(Cl)nc4c(F)c(Cl)ncc34)C1)N2C(=O)OC(C)(C)C)C(=O)C(F)(F)F. The average molecular weight is 567 g/mol. The van der Waals surface area contributed by atoms with Crippen LogP contribution < -0.4 is 4.90 Å². The molecule has 2 fully saturated rings. The quantitative estimate of drug-likeness (QED) is 0.308.